The summed E-state index contributed by atoms with van der Waals surface area (Å²) in [6.07, 6.45) is 1.15. The molecule has 1 aromatic heterocycles. The van der Waals surface area contributed by atoms with Crippen LogP contribution in [0.15, 0.2) is 39.9 Å². The first kappa shape index (κ1) is 20.8. The van der Waals surface area contributed by atoms with Gasteiger partial charge in [-0.3, -0.25) is 4.79 Å². The highest BCUT2D eigenvalue weighted by Gasteiger charge is 2.34. The average Bonchev–Trinajstić information content (AvgIpc) is 3.25. The van der Waals surface area contributed by atoms with Crippen LogP contribution < -0.4 is 5.32 Å². The lowest BCUT2D eigenvalue weighted by atomic mass is 9.98. The Balaban J connectivity index is 1.74. The van der Waals surface area contributed by atoms with E-state index in [4.69, 9.17) is 11.6 Å². The number of nitrogens with zero attached hydrogens (tertiary/aromatic N) is 1. The van der Waals surface area contributed by atoms with E-state index >= 15 is 0 Å². The molecule has 0 saturated carbocycles. The second kappa shape index (κ2) is 8.60. The number of esters is 1. The Morgan fingerprint density at radius 2 is 2.11 bits per heavy atom. The molecule has 0 aliphatic carbocycles. The maximum atomic E-state index is 12.7. The molecular weight excluding hydrogens is 424 g/mol. The molecule has 3 rings (SSSR count). The van der Waals surface area contributed by atoms with Gasteiger partial charge in [-0.15, -0.1) is 11.3 Å². The molecule has 1 saturated heterocycles. The number of piperidine rings is 1. The van der Waals surface area contributed by atoms with E-state index in [1.54, 1.807) is 17.5 Å². The Labute approximate surface area is 172 Å². The minimum atomic E-state index is -3.60. The number of amides is 1. The van der Waals surface area contributed by atoms with E-state index in [1.807, 2.05) is 0 Å². The van der Waals surface area contributed by atoms with Gasteiger partial charge in [0.15, 0.2) is 0 Å². The molecule has 1 fully saturated rings. The maximum Gasteiger partial charge on any atom is 0.337 e. The van der Waals surface area contributed by atoms with Gasteiger partial charge in [-0.1, -0.05) is 17.7 Å². The number of hydrogen-bond acceptors (Lipinski definition) is 6. The fourth-order valence-electron chi connectivity index (χ4n) is 3.01. The zero-order valence-electron chi connectivity index (χ0n) is 15.1. The van der Waals surface area contributed by atoms with Gasteiger partial charge in [0.1, 0.15) is 4.21 Å². The number of carbonyl (C=O) groups excluding carboxylic acids is 2. The van der Waals surface area contributed by atoms with Crippen molar-refractivity contribution in [3.05, 3.63) is 46.3 Å². The van der Waals surface area contributed by atoms with Crippen molar-refractivity contribution < 1.29 is 22.7 Å². The van der Waals surface area contributed by atoms with Gasteiger partial charge >= 0.3 is 5.97 Å². The van der Waals surface area contributed by atoms with Gasteiger partial charge in [0, 0.05) is 13.1 Å². The van der Waals surface area contributed by atoms with E-state index in [0.29, 0.717) is 19.4 Å². The average molecular weight is 443 g/mol. The number of anilines is 1. The van der Waals surface area contributed by atoms with Crippen molar-refractivity contribution in [1.29, 1.82) is 0 Å². The van der Waals surface area contributed by atoms with Gasteiger partial charge in [0.2, 0.25) is 5.91 Å². The van der Waals surface area contributed by atoms with Crippen LogP contribution in [-0.4, -0.2) is 44.8 Å². The summed E-state index contributed by atoms with van der Waals surface area (Å²) in [4.78, 5) is 24.4. The van der Waals surface area contributed by atoms with Crippen molar-refractivity contribution in [2.75, 3.05) is 25.5 Å². The molecule has 1 aromatic carbocycles. The van der Waals surface area contributed by atoms with Crippen LogP contribution in [0.2, 0.25) is 5.02 Å². The summed E-state index contributed by atoms with van der Waals surface area (Å²) in [5, 5.41) is 4.69. The molecule has 1 amide bonds. The Bertz CT molecular complexity index is 976. The first-order chi connectivity index (χ1) is 13.3. The molecule has 28 heavy (non-hydrogen) atoms. The van der Waals surface area contributed by atoms with Crippen LogP contribution in [0.5, 0.6) is 0 Å². The topological polar surface area (TPSA) is 92.8 Å². The number of rotatable bonds is 5. The smallest absolute Gasteiger partial charge is 0.337 e. The number of benzene rings is 1. The molecule has 10 heteroatoms. The summed E-state index contributed by atoms with van der Waals surface area (Å²) in [6, 6.07) is 7.68. The predicted octanol–water partition coefficient (Wildman–Crippen LogP) is 3.23. The van der Waals surface area contributed by atoms with Gasteiger partial charge in [-0.05, 0) is 42.5 Å². The van der Waals surface area contributed by atoms with Crippen molar-refractivity contribution in [3.63, 3.8) is 0 Å². The van der Waals surface area contributed by atoms with Crippen LogP contribution in [0, 0.1) is 5.92 Å². The summed E-state index contributed by atoms with van der Waals surface area (Å²) in [5.74, 6) is -1.39. The molecule has 7 nitrogen and oxygen atoms in total. The zero-order valence-corrected chi connectivity index (χ0v) is 17.4. The van der Waals surface area contributed by atoms with E-state index in [-0.39, 0.29) is 32.9 Å². The molecule has 2 heterocycles. The number of carbonyl (C=O) groups is 2. The largest absolute Gasteiger partial charge is 0.465 e. The Morgan fingerprint density at radius 3 is 2.79 bits per heavy atom. The van der Waals surface area contributed by atoms with Crippen molar-refractivity contribution in [3.8, 4) is 0 Å². The molecule has 150 valence electrons. The van der Waals surface area contributed by atoms with Crippen molar-refractivity contribution in [1.82, 2.24) is 4.31 Å². The van der Waals surface area contributed by atoms with E-state index in [0.717, 1.165) is 11.3 Å². The summed E-state index contributed by atoms with van der Waals surface area (Å²) in [7, 11) is -2.34. The van der Waals surface area contributed by atoms with Gasteiger partial charge in [-0.2, -0.15) is 4.31 Å². The standard InChI is InChI=1S/C18H19ClN2O5S2/c1-26-18(23)12-6-7-14(19)15(10-12)20-17(22)13-4-2-8-21(11-13)28(24,25)16-5-3-9-27-16/h3,5-7,9-10,13H,2,4,8,11H2,1H3,(H,20,22)/t13-/m1/s1. The van der Waals surface area contributed by atoms with Gasteiger partial charge in [0.25, 0.3) is 10.0 Å². The third kappa shape index (κ3) is 4.38. The number of hydrogen-bond donors (Lipinski definition) is 1. The lowest BCUT2D eigenvalue weighted by Gasteiger charge is -2.30. The zero-order chi connectivity index (χ0) is 20.3. The minimum Gasteiger partial charge on any atom is -0.465 e. The molecule has 2 aromatic rings. The quantitative estimate of drug-likeness (QED) is 0.717. The molecular formula is C18H19ClN2O5S2. The molecule has 0 unspecified atom stereocenters. The third-order valence-corrected chi connectivity index (χ3v) is 8.06. The first-order valence-corrected chi connectivity index (χ1v) is 11.2. The summed E-state index contributed by atoms with van der Waals surface area (Å²) >= 11 is 7.28. The molecule has 1 aliphatic heterocycles. The number of methoxy groups -OCH3 is 1. The SMILES string of the molecule is COC(=O)c1ccc(Cl)c(NC(=O)[C@@H]2CCCN(S(=O)(=O)c3cccs3)C2)c1. The summed E-state index contributed by atoms with van der Waals surface area (Å²) in [6.45, 7) is 0.475. The van der Waals surface area contributed by atoms with Gasteiger partial charge < -0.3 is 10.1 Å². The van der Waals surface area contributed by atoms with Crippen LogP contribution in [-0.2, 0) is 19.6 Å². The highest BCUT2D eigenvalue weighted by Crippen LogP contribution is 2.28. The minimum absolute atomic E-state index is 0.0976. The Hall–Kier alpha value is -1.94. The third-order valence-electron chi connectivity index (χ3n) is 4.49. The lowest BCUT2D eigenvalue weighted by molar-refractivity contribution is -0.120. The Kier molecular flexibility index (Phi) is 6.39. The molecule has 1 atom stereocenters. The van der Waals surface area contributed by atoms with Gasteiger partial charge in [-0.25, -0.2) is 13.2 Å². The molecule has 0 spiro atoms. The van der Waals surface area contributed by atoms with Crippen LogP contribution in [0.3, 0.4) is 0 Å². The van der Waals surface area contributed by atoms with Crippen molar-refractivity contribution in [2.24, 2.45) is 5.92 Å². The van der Waals surface area contributed by atoms with Crippen molar-refractivity contribution in [2.45, 2.75) is 17.1 Å². The second-order valence-corrected chi connectivity index (χ2v) is 9.83. The Morgan fingerprint density at radius 1 is 1.32 bits per heavy atom. The molecule has 1 aliphatic rings. The number of sulfonamides is 1. The van der Waals surface area contributed by atoms with Gasteiger partial charge in [0.05, 0.1) is 29.3 Å². The van der Waals surface area contributed by atoms with Crippen molar-refractivity contribution >= 4 is 50.5 Å². The van der Waals surface area contributed by atoms with Crippen LogP contribution in [0.4, 0.5) is 5.69 Å². The number of thiophene rings is 1. The fourth-order valence-corrected chi connectivity index (χ4v) is 5.85. The monoisotopic (exact) mass is 442 g/mol. The molecule has 0 bridgehead atoms. The number of nitrogens with one attached hydrogen (secondary N) is 1. The summed E-state index contributed by atoms with van der Waals surface area (Å²) in [5.41, 5.74) is 0.542. The van der Waals surface area contributed by atoms with E-state index in [1.165, 1.54) is 29.6 Å². The lowest BCUT2D eigenvalue weighted by Crippen LogP contribution is -2.43. The van der Waals surface area contributed by atoms with E-state index < -0.39 is 21.9 Å². The molecule has 1 N–H and O–H groups in total. The van der Waals surface area contributed by atoms with E-state index in [2.05, 4.69) is 10.1 Å². The summed E-state index contributed by atoms with van der Waals surface area (Å²) < 4.78 is 31.7. The van der Waals surface area contributed by atoms with Crippen LogP contribution >= 0.6 is 22.9 Å². The van der Waals surface area contributed by atoms with E-state index in [9.17, 15) is 18.0 Å². The highest BCUT2D eigenvalue weighted by molar-refractivity contribution is 7.91. The number of ether oxygens (including phenoxy) is 1. The van der Waals surface area contributed by atoms with Crippen LogP contribution in [0.1, 0.15) is 23.2 Å². The normalized spacial score (nSPS) is 17.9. The first-order valence-electron chi connectivity index (χ1n) is 8.55. The predicted molar refractivity (Wildman–Crippen MR) is 107 cm³/mol. The highest BCUT2D eigenvalue weighted by atomic mass is 35.5. The second-order valence-electron chi connectivity index (χ2n) is 6.31. The van der Waals surface area contributed by atoms with Crippen LogP contribution in [0.25, 0.3) is 0 Å². The number of halogens is 1. The fraction of sp³-hybridized carbons (Fsp3) is 0.333. The maximum absolute atomic E-state index is 12.7. The molecule has 0 radical (unpaired) electrons.